The lowest BCUT2D eigenvalue weighted by atomic mass is 10.3. The van der Waals surface area contributed by atoms with Gasteiger partial charge in [0.05, 0.1) is 23.4 Å². The summed E-state index contributed by atoms with van der Waals surface area (Å²) in [5.74, 6) is 1.44. The molecule has 0 atom stereocenters. The van der Waals surface area contributed by atoms with Gasteiger partial charge in [-0.05, 0) is 36.4 Å². The number of nitrogens with one attached hydrogen (secondary N) is 1. The average Bonchev–Trinajstić information content (AvgIpc) is 2.95. The molecule has 0 spiro atoms. The molecule has 6 heteroatoms. The zero-order chi connectivity index (χ0) is 16.5. The Balaban J connectivity index is 1.71. The van der Waals surface area contributed by atoms with Crippen LogP contribution in [0.15, 0.2) is 60.9 Å². The summed E-state index contributed by atoms with van der Waals surface area (Å²) >= 11 is 5.91. The Kier molecular flexibility index (Phi) is 3.63. The van der Waals surface area contributed by atoms with Crippen LogP contribution in [0.3, 0.4) is 0 Å². The minimum absolute atomic E-state index is 0.655. The second-order valence-electron chi connectivity index (χ2n) is 5.40. The fraction of sp³-hybridized carbons (Fsp3) is 0.0556. The van der Waals surface area contributed by atoms with Crippen LogP contribution in [0.1, 0.15) is 0 Å². The fourth-order valence-corrected chi connectivity index (χ4v) is 2.72. The van der Waals surface area contributed by atoms with Crippen molar-refractivity contribution in [2.75, 3.05) is 5.32 Å². The molecule has 0 aliphatic heterocycles. The van der Waals surface area contributed by atoms with Crippen LogP contribution in [0.4, 0.5) is 11.5 Å². The van der Waals surface area contributed by atoms with E-state index in [1.807, 2.05) is 60.1 Å². The third-order valence-corrected chi connectivity index (χ3v) is 4.02. The van der Waals surface area contributed by atoms with Crippen molar-refractivity contribution < 1.29 is 0 Å². The minimum Gasteiger partial charge on any atom is -0.339 e. The van der Waals surface area contributed by atoms with Crippen LogP contribution in [0, 0.1) is 0 Å². The third-order valence-electron chi connectivity index (χ3n) is 3.77. The molecule has 0 bridgehead atoms. The summed E-state index contributed by atoms with van der Waals surface area (Å²) in [6.07, 6.45) is 3.40. The second-order valence-corrected chi connectivity index (χ2v) is 5.84. The minimum atomic E-state index is 0.655. The van der Waals surface area contributed by atoms with Gasteiger partial charge in [-0.15, -0.1) is 0 Å². The summed E-state index contributed by atoms with van der Waals surface area (Å²) < 4.78 is 2.02. The summed E-state index contributed by atoms with van der Waals surface area (Å²) in [4.78, 5) is 13.6. The summed E-state index contributed by atoms with van der Waals surface area (Å²) in [7, 11) is 1.98. The number of hydrogen-bond donors (Lipinski definition) is 1. The van der Waals surface area contributed by atoms with Crippen molar-refractivity contribution in [3.05, 3.63) is 65.9 Å². The normalized spacial score (nSPS) is 10.9. The Bertz CT molecular complexity index is 1010. The van der Waals surface area contributed by atoms with Gasteiger partial charge in [0.15, 0.2) is 5.82 Å². The topological polar surface area (TPSA) is 55.6 Å². The molecule has 2 aromatic carbocycles. The number of benzene rings is 2. The molecule has 0 radical (unpaired) electrons. The van der Waals surface area contributed by atoms with E-state index in [2.05, 4.69) is 20.3 Å². The largest absolute Gasteiger partial charge is 0.339 e. The second kappa shape index (κ2) is 5.94. The van der Waals surface area contributed by atoms with Crippen molar-refractivity contribution in [2.24, 2.45) is 7.05 Å². The number of para-hydroxylation sites is 2. The van der Waals surface area contributed by atoms with Gasteiger partial charge in [-0.2, -0.15) is 0 Å². The van der Waals surface area contributed by atoms with E-state index in [0.29, 0.717) is 16.5 Å². The van der Waals surface area contributed by atoms with Crippen LogP contribution in [0.2, 0.25) is 5.02 Å². The lowest BCUT2D eigenvalue weighted by molar-refractivity contribution is 0.947. The lowest BCUT2D eigenvalue weighted by Gasteiger charge is -2.07. The predicted molar refractivity (Wildman–Crippen MR) is 96.5 cm³/mol. The number of hydrogen-bond acceptors (Lipinski definition) is 4. The summed E-state index contributed by atoms with van der Waals surface area (Å²) in [5, 5.41) is 3.92. The van der Waals surface area contributed by atoms with Gasteiger partial charge in [0, 0.05) is 17.8 Å². The van der Waals surface area contributed by atoms with Gasteiger partial charge < -0.3 is 9.88 Å². The number of anilines is 2. The summed E-state index contributed by atoms with van der Waals surface area (Å²) in [6, 6.07) is 15.4. The number of nitrogens with zero attached hydrogens (tertiary/aromatic N) is 4. The van der Waals surface area contributed by atoms with Crippen molar-refractivity contribution in [1.82, 2.24) is 19.5 Å². The Morgan fingerprint density at radius 3 is 2.54 bits per heavy atom. The Morgan fingerprint density at radius 1 is 0.958 bits per heavy atom. The zero-order valence-electron chi connectivity index (χ0n) is 12.9. The summed E-state index contributed by atoms with van der Waals surface area (Å²) in [6.45, 7) is 0. The van der Waals surface area contributed by atoms with Gasteiger partial charge in [0.2, 0.25) is 0 Å². The van der Waals surface area contributed by atoms with Gasteiger partial charge in [0.25, 0.3) is 0 Å². The first-order valence-corrected chi connectivity index (χ1v) is 7.85. The van der Waals surface area contributed by atoms with Gasteiger partial charge in [-0.25, -0.2) is 9.97 Å². The van der Waals surface area contributed by atoms with Crippen molar-refractivity contribution in [3.63, 3.8) is 0 Å². The quantitative estimate of drug-likeness (QED) is 0.602. The molecule has 0 saturated heterocycles. The number of imidazole rings is 1. The lowest BCUT2D eigenvalue weighted by Crippen LogP contribution is -1.99. The van der Waals surface area contributed by atoms with Crippen LogP contribution < -0.4 is 5.32 Å². The molecular weight excluding hydrogens is 322 g/mol. The van der Waals surface area contributed by atoms with Crippen molar-refractivity contribution in [1.29, 1.82) is 0 Å². The molecule has 0 saturated carbocycles. The number of halogens is 1. The predicted octanol–water partition coefficient (Wildman–Crippen LogP) is 4.43. The maximum Gasteiger partial charge on any atom is 0.161 e. The Hall–Kier alpha value is -2.92. The Labute approximate surface area is 144 Å². The molecular formula is C18H14ClN5. The standard InChI is InChI=1S/C18H14ClN5/c1-24-16-5-3-2-4-14(16)23-18(24)15-10-20-11-17(22-15)21-13-8-6-12(19)7-9-13/h2-11H,1H3,(H,21,22). The smallest absolute Gasteiger partial charge is 0.161 e. The monoisotopic (exact) mass is 335 g/mol. The third kappa shape index (κ3) is 2.70. The van der Waals surface area contributed by atoms with Crippen LogP contribution >= 0.6 is 11.6 Å². The number of aryl methyl sites for hydroxylation is 1. The Morgan fingerprint density at radius 2 is 1.75 bits per heavy atom. The first kappa shape index (κ1) is 14.7. The molecule has 118 valence electrons. The molecule has 1 N–H and O–H groups in total. The van der Waals surface area contributed by atoms with Gasteiger partial charge in [-0.1, -0.05) is 23.7 Å². The maximum atomic E-state index is 5.91. The fourth-order valence-electron chi connectivity index (χ4n) is 2.59. The van der Waals surface area contributed by atoms with E-state index < -0.39 is 0 Å². The van der Waals surface area contributed by atoms with Gasteiger partial charge >= 0.3 is 0 Å². The summed E-state index contributed by atoms with van der Waals surface area (Å²) in [5.41, 5.74) is 3.61. The molecule has 2 aromatic heterocycles. The molecule has 5 nitrogen and oxygen atoms in total. The zero-order valence-corrected chi connectivity index (χ0v) is 13.7. The first-order valence-electron chi connectivity index (χ1n) is 7.47. The molecule has 2 heterocycles. The van der Waals surface area contributed by atoms with E-state index in [9.17, 15) is 0 Å². The van der Waals surface area contributed by atoms with E-state index in [0.717, 1.165) is 22.5 Å². The van der Waals surface area contributed by atoms with Crippen molar-refractivity contribution >= 4 is 34.1 Å². The van der Waals surface area contributed by atoms with Crippen LogP contribution in [-0.2, 0) is 7.05 Å². The van der Waals surface area contributed by atoms with Crippen molar-refractivity contribution in [2.45, 2.75) is 0 Å². The highest BCUT2D eigenvalue weighted by Gasteiger charge is 2.11. The van der Waals surface area contributed by atoms with E-state index in [1.165, 1.54) is 0 Å². The van der Waals surface area contributed by atoms with E-state index >= 15 is 0 Å². The molecule has 0 unspecified atom stereocenters. The first-order chi connectivity index (χ1) is 11.7. The maximum absolute atomic E-state index is 5.91. The molecule has 0 amide bonds. The van der Waals surface area contributed by atoms with E-state index in [1.54, 1.807) is 12.4 Å². The number of aromatic nitrogens is 4. The van der Waals surface area contributed by atoms with Crippen LogP contribution in [0.25, 0.3) is 22.6 Å². The molecule has 0 aliphatic rings. The molecule has 0 fully saturated rings. The van der Waals surface area contributed by atoms with Crippen LogP contribution in [0.5, 0.6) is 0 Å². The SMILES string of the molecule is Cn1c(-c2cncc(Nc3ccc(Cl)cc3)n2)nc2ccccc21. The van der Waals surface area contributed by atoms with E-state index in [4.69, 9.17) is 11.6 Å². The molecule has 4 aromatic rings. The highest BCUT2D eigenvalue weighted by atomic mass is 35.5. The number of fused-ring (bicyclic) bond motifs is 1. The van der Waals surface area contributed by atoms with Crippen molar-refractivity contribution in [3.8, 4) is 11.5 Å². The number of rotatable bonds is 3. The highest BCUT2D eigenvalue weighted by Crippen LogP contribution is 2.23. The molecule has 24 heavy (non-hydrogen) atoms. The molecule has 4 rings (SSSR count). The van der Waals surface area contributed by atoms with Gasteiger partial charge in [-0.3, -0.25) is 4.98 Å². The molecule has 0 aliphatic carbocycles. The highest BCUT2D eigenvalue weighted by molar-refractivity contribution is 6.30. The van der Waals surface area contributed by atoms with Crippen LogP contribution in [-0.4, -0.2) is 19.5 Å². The average molecular weight is 336 g/mol. The van der Waals surface area contributed by atoms with E-state index in [-0.39, 0.29) is 0 Å². The van der Waals surface area contributed by atoms with Gasteiger partial charge in [0.1, 0.15) is 11.5 Å².